The van der Waals surface area contributed by atoms with E-state index in [9.17, 15) is 22.4 Å². The summed E-state index contributed by atoms with van der Waals surface area (Å²) < 4.78 is 51.1. The minimum Gasteiger partial charge on any atom is -0.347 e. The zero-order valence-electron chi connectivity index (χ0n) is 10.5. The molecule has 1 heterocycles. The maximum atomic E-state index is 13.5. The number of hydrogen-bond donors (Lipinski definition) is 1. The molecule has 0 fully saturated rings. The molecule has 0 unspecified atom stereocenters. The summed E-state index contributed by atoms with van der Waals surface area (Å²) in [5, 5.41) is 2.30. The van der Waals surface area contributed by atoms with Crippen LogP contribution in [0.15, 0.2) is 36.8 Å². The molecule has 4 nitrogen and oxygen atoms in total. The van der Waals surface area contributed by atoms with E-state index in [0.29, 0.717) is 12.1 Å². The van der Waals surface area contributed by atoms with Gasteiger partial charge in [0.25, 0.3) is 5.91 Å². The molecule has 1 aromatic carbocycles. The number of hydrogen-bond acceptors (Lipinski definition) is 3. The highest BCUT2D eigenvalue weighted by molar-refractivity contribution is 5.91. The van der Waals surface area contributed by atoms with Gasteiger partial charge in [0.05, 0.1) is 5.56 Å². The van der Waals surface area contributed by atoms with Gasteiger partial charge in [0.1, 0.15) is 17.8 Å². The van der Waals surface area contributed by atoms with Gasteiger partial charge in [0.15, 0.2) is 0 Å². The minimum atomic E-state index is -4.57. The average Bonchev–Trinajstić information content (AvgIpc) is 2.45. The van der Waals surface area contributed by atoms with Crippen LogP contribution in [0.1, 0.15) is 21.6 Å². The largest absolute Gasteiger partial charge is 0.416 e. The standard InChI is InChI=1S/C13H9F4N3O/c14-10-2-1-9(13(15,16)17)5-8(10)6-19-12(21)11-3-4-18-7-20-11/h1-5,7H,6H2,(H,19,21). The first-order valence-corrected chi connectivity index (χ1v) is 5.78. The van der Waals surface area contributed by atoms with Gasteiger partial charge in [-0.3, -0.25) is 4.79 Å². The van der Waals surface area contributed by atoms with Crippen LogP contribution >= 0.6 is 0 Å². The van der Waals surface area contributed by atoms with E-state index in [4.69, 9.17) is 0 Å². The molecule has 0 aliphatic rings. The van der Waals surface area contributed by atoms with Crippen molar-refractivity contribution in [3.05, 3.63) is 59.4 Å². The molecule has 110 valence electrons. The summed E-state index contributed by atoms with van der Waals surface area (Å²) in [6.07, 6.45) is -2.08. The fraction of sp³-hybridized carbons (Fsp3) is 0.154. The molecule has 1 aromatic heterocycles. The number of halogens is 4. The van der Waals surface area contributed by atoms with Crippen molar-refractivity contribution in [3.8, 4) is 0 Å². The molecule has 0 aliphatic carbocycles. The number of nitrogens with one attached hydrogen (secondary N) is 1. The molecule has 0 saturated carbocycles. The van der Waals surface area contributed by atoms with Gasteiger partial charge in [-0.2, -0.15) is 13.2 Å². The van der Waals surface area contributed by atoms with Gasteiger partial charge in [-0.1, -0.05) is 0 Å². The molecule has 0 bridgehead atoms. The third kappa shape index (κ3) is 3.74. The van der Waals surface area contributed by atoms with Gasteiger partial charge in [-0.25, -0.2) is 14.4 Å². The minimum absolute atomic E-state index is 0.0392. The van der Waals surface area contributed by atoms with Crippen LogP contribution in [-0.2, 0) is 12.7 Å². The van der Waals surface area contributed by atoms with E-state index in [1.807, 2.05) is 0 Å². The number of rotatable bonds is 3. The summed E-state index contributed by atoms with van der Waals surface area (Å²) in [6.45, 7) is -0.376. The Morgan fingerprint density at radius 2 is 2.00 bits per heavy atom. The van der Waals surface area contributed by atoms with Gasteiger partial charge < -0.3 is 5.32 Å². The topological polar surface area (TPSA) is 54.9 Å². The zero-order chi connectivity index (χ0) is 15.5. The van der Waals surface area contributed by atoms with Crippen molar-refractivity contribution < 1.29 is 22.4 Å². The maximum absolute atomic E-state index is 13.5. The van der Waals surface area contributed by atoms with Gasteiger partial charge in [-0.05, 0) is 24.3 Å². The number of nitrogens with zero attached hydrogens (tertiary/aromatic N) is 2. The number of carbonyl (C=O) groups is 1. The van der Waals surface area contributed by atoms with Crippen molar-refractivity contribution in [3.63, 3.8) is 0 Å². The first-order valence-electron chi connectivity index (χ1n) is 5.78. The molecule has 8 heteroatoms. The van der Waals surface area contributed by atoms with Gasteiger partial charge >= 0.3 is 6.18 Å². The van der Waals surface area contributed by atoms with Gasteiger partial charge in [0, 0.05) is 18.3 Å². The second kappa shape index (κ2) is 5.86. The Morgan fingerprint density at radius 1 is 1.24 bits per heavy atom. The van der Waals surface area contributed by atoms with E-state index in [1.165, 1.54) is 12.3 Å². The zero-order valence-corrected chi connectivity index (χ0v) is 10.5. The summed E-state index contributed by atoms with van der Waals surface area (Å²) >= 11 is 0. The molecule has 0 atom stereocenters. The van der Waals surface area contributed by atoms with E-state index in [1.54, 1.807) is 0 Å². The Kier molecular flexibility index (Phi) is 4.15. The van der Waals surface area contributed by atoms with E-state index in [0.717, 1.165) is 12.4 Å². The average molecular weight is 299 g/mol. The molecular weight excluding hydrogens is 290 g/mol. The summed E-state index contributed by atoms with van der Waals surface area (Å²) in [5.74, 6) is -1.46. The number of amides is 1. The molecule has 0 saturated heterocycles. The second-order valence-electron chi connectivity index (χ2n) is 4.08. The van der Waals surface area contributed by atoms with Crippen molar-refractivity contribution in [1.82, 2.24) is 15.3 Å². The lowest BCUT2D eigenvalue weighted by molar-refractivity contribution is -0.137. The van der Waals surface area contributed by atoms with Crippen LogP contribution in [0.5, 0.6) is 0 Å². The van der Waals surface area contributed by atoms with Crippen LogP contribution in [0.3, 0.4) is 0 Å². The van der Waals surface area contributed by atoms with Crippen molar-refractivity contribution in [2.24, 2.45) is 0 Å². The Balaban J connectivity index is 2.11. The highest BCUT2D eigenvalue weighted by Gasteiger charge is 2.31. The van der Waals surface area contributed by atoms with Crippen molar-refractivity contribution >= 4 is 5.91 Å². The summed E-state index contributed by atoms with van der Waals surface area (Å²) in [6, 6.07) is 3.35. The van der Waals surface area contributed by atoms with E-state index in [-0.39, 0.29) is 17.8 Å². The molecule has 1 amide bonds. The first kappa shape index (κ1) is 14.9. The van der Waals surface area contributed by atoms with Crippen LogP contribution in [0.2, 0.25) is 0 Å². The second-order valence-corrected chi connectivity index (χ2v) is 4.08. The van der Waals surface area contributed by atoms with Crippen molar-refractivity contribution in [2.75, 3.05) is 0 Å². The quantitative estimate of drug-likeness (QED) is 0.886. The van der Waals surface area contributed by atoms with Gasteiger partial charge in [-0.15, -0.1) is 0 Å². The summed E-state index contributed by atoms with van der Waals surface area (Å²) in [7, 11) is 0. The number of alkyl halides is 3. The number of aromatic nitrogens is 2. The molecule has 0 radical (unpaired) electrons. The highest BCUT2D eigenvalue weighted by Crippen LogP contribution is 2.30. The van der Waals surface area contributed by atoms with Gasteiger partial charge in [0.2, 0.25) is 0 Å². The number of carbonyl (C=O) groups excluding carboxylic acids is 1. The summed E-state index contributed by atoms with van der Waals surface area (Å²) in [5.41, 5.74) is -1.19. The fourth-order valence-electron chi connectivity index (χ4n) is 1.58. The van der Waals surface area contributed by atoms with E-state index in [2.05, 4.69) is 15.3 Å². The Morgan fingerprint density at radius 3 is 2.62 bits per heavy atom. The monoisotopic (exact) mass is 299 g/mol. The van der Waals surface area contributed by atoms with Crippen molar-refractivity contribution in [1.29, 1.82) is 0 Å². The molecule has 2 aromatic rings. The van der Waals surface area contributed by atoms with Crippen LogP contribution < -0.4 is 5.32 Å². The lowest BCUT2D eigenvalue weighted by Crippen LogP contribution is -2.24. The SMILES string of the molecule is O=C(NCc1cc(C(F)(F)F)ccc1F)c1ccncn1. The molecule has 0 spiro atoms. The predicted octanol–water partition coefficient (Wildman–Crippen LogP) is 2.56. The van der Waals surface area contributed by atoms with E-state index >= 15 is 0 Å². The van der Waals surface area contributed by atoms with Crippen LogP contribution in [-0.4, -0.2) is 15.9 Å². The molecule has 0 aliphatic heterocycles. The molecule has 21 heavy (non-hydrogen) atoms. The third-order valence-corrected chi connectivity index (χ3v) is 2.63. The lowest BCUT2D eigenvalue weighted by Gasteiger charge is -2.10. The smallest absolute Gasteiger partial charge is 0.347 e. The predicted molar refractivity (Wildman–Crippen MR) is 64.6 cm³/mol. The van der Waals surface area contributed by atoms with Crippen LogP contribution in [0.25, 0.3) is 0 Å². The Hall–Kier alpha value is -2.51. The maximum Gasteiger partial charge on any atom is 0.416 e. The van der Waals surface area contributed by atoms with Crippen LogP contribution in [0, 0.1) is 5.82 Å². The Labute approximate surface area is 116 Å². The summed E-state index contributed by atoms with van der Waals surface area (Å²) in [4.78, 5) is 19.0. The number of benzene rings is 1. The van der Waals surface area contributed by atoms with E-state index < -0.39 is 23.5 Å². The lowest BCUT2D eigenvalue weighted by atomic mass is 10.1. The fourth-order valence-corrected chi connectivity index (χ4v) is 1.58. The third-order valence-electron chi connectivity index (χ3n) is 2.63. The first-order chi connectivity index (χ1) is 9.88. The molecule has 1 N–H and O–H groups in total. The highest BCUT2D eigenvalue weighted by atomic mass is 19.4. The Bertz CT molecular complexity index is 644. The molecule has 2 rings (SSSR count). The normalized spacial score (nSPS) is 11.2. The molecular formula is C13H9F4N3O. The van der Waals surface area contributed by atoms with Crippen molar-refractivity contribution in [2.45, 2.75) is 12.7 Å². The van der Waals surface area contributed by atoms with Crippen LogP contribution in [0.4, 0.5) is 17.6 Å².